The molecule has 24 heavy (non-hydrogen) atoms. The van der Waals surface area contributed by atoms with E-state index in [9.17, 15) is 0 Å². The molecule has 0 saturated carbocycles. The number of rotatable bonds is 1. The van der Waals surface area contributed by atoms with Crippen molar-refractivity contribution in [2.45, 2.75) is 6.92 Å². The molecule has 6 nitrogen and oxygen atoms in total. The Labute approximate surface area is 139 Å². The van der Waals surface area contributed by atoms with Gasteiger partial charge in [-0.2, -0.15) is 0 Å². The minimum absolute atomic E-state index is 0.199. The summed E-state index contributed by atoms with van der Waals surface area (Å²) in [5, 5.41) is 0. The second-order valence-electron chi connectivity index (χ2n) is 5.24. The second-order valence-corrected chi connectivity index (χ2v) is 5.24. The lowest BCUT2D eigenvalue weighted by Crippen LogP contribution is -2.03. The molecule has 0 spiro atoms. The third-order valence-corrected chi connectivity index (χ3v) is 3.39. The Morgan fingerprint density at radius 1 is 0.958 bits per heavy atom. The van der Waals surface area contributed by atoms with Gasteiger partial charge in [0.1, 0.15) is 5.82 Å². The molecule has 0 amide bonds. The fourth-order valence-electron chi connectivity index (χ4n) is 2.25. The molecule has 2 heterocycles. The van der Waals surface area contributed by atoms with Crippen molar-refractivity contribution in [3.63, 3.8) is 0 Å². The van der Waals surface area contributed by atoms with Crippen molar-refractivity contribution in [3.05, 3.63) is 59.4 Å². The minimum atomic E-state index is 0.199. The molecule has 0 aliphatic rings. The lowest BCUT2D eigenvalue weighted by molar-refractivity contribution is 1.11. The molecule has 0 radical (unpaired) electrons. The van der Waals surface area contributed by atoms with Crippen LogP contribution in [0.2, 0.25) is 0 Å². The van der Waals surface area contributed by atoms with Gasteiger partial charge in [0.15, 0.2) is 0 Å². The predicted octanol–water partition coefficient (Wildman–Crippen LogP) is 1.99. The Balaban J connectivity index is 2.12. The molecule has 0 aliphatic carbocycles. The molecule has 3 aromatic rings. The highest BCUT2D eigenvalue weighted by Crippen LogP contribution is 2.25. The Bertz CT molecular complexity index is 951. The molecule has 1 aromatic carbocycles. The van der Waals surface area contributed by atoms with Gasteiger partial charge < -0.3 is 17.2 Å². The van der Waals surface area contributed by atoms with E-state index in [2.05, 4.69) is 26.8 Å². The van der Waals surface area contributed by atoms with Gasteiger partial charge in [0.05, 0.1) is 17.0 Å². The van der Waals surface area contributed by atoms with Crippen LogP contribution in [0.1, 0.15) is 16.8 Å². The molecule has 6 heteroatoms. The van der Waals surface area contributed by atoms with Gasteiger partial charge in [0.2, 0.25) is 5.95 Å². The molecule has 3 rings (SSSR count). The zero-order valence-corrected chi connectivity index (χ0v) is 13.1. The lowest BCUT2D eigenvalue weighted by atomic mass is 10.0. The van der Waals surface area contributed by atoms with Gasteiger partial charge in [-0.3, -0.25) is 0 Å². The van der Waals surface area contributed by atoms with Crippen molar-refractivity contribution in [3.8, 4) is 23.1 Å². The fraction of sp³-hybridized carbons (Fsp3) is 0.0556. The average molecular weight is 316 g/mol. The Morgan fingerprint density at radius 3 is 2.50 bits per heavy atom. The van der Waals surface area contributed by atoms with E-state index >= 15 is 0 Å². The second kappa shape index (κ2) is 6.26. The van der Waals surface area contributed by atoms with Crippen LogP contribution < -0.4 is 17.2 Å². The molecular weight excluding hydrogens is 300 g/mol. The summed E-state index contributed by atoms with van der Waals surface area (Å²) in [6.45, 7) is 1.85. The van der Waals surface area contributed by atoms with E-state index in [0.29, 0.717) is 28.5 Å². The Morgan fingerprint density at radius 2 is 1.79 bits per heavy atom. The maximum Gasteiger partial charge on any atom is 0.220 e. The van der Waals surface area contributed by atoms with Crippen LogP contribution in [0.25, 0.3) is 11.3 Å². The summed E-state index contributed by atoms with van der Waals surface area (Å²) in [6.07, 6.45) is 1.62. The van der Waals surface area contributed by atoms with E-state index < -0.39 is 0 Å². The summed E-state index contributed by atoms with van der Waals surface area (Å²) in [4.78, 5) is 12.6. The van der Waals surface area contributed by atoms with Crippen LogP contribution in [0.4, 0.5) is 17.5 Å². The van der Waals surface area contributed by atoms with E-state index in [4.69, 9.17) is 17.2 Å². The van der Waals surface area contributed by atoms with Crippen molar-refractivity contribution in [1.82, 2.24) is 15.0 Å². The van der Waals surface area contributed by atoms with Crippen LogP contribution in [-0.2, 0) is 0 Å². The maximum absolute atomic E-state index is 5.87. The largest absolute Gasteiger partial charge is 0.399 e. The fourth-order valence-corrected chi connectivity index (χ4v) is 2.25. The average Bonchev–Trinajstić information content (AvgIpc) is 2.55. The summed E-state index contributed by atoms with van der Waals surface area (Å²) in [5.74, 6) is 6.81. The number of hydrogen-bond acceptors (Lipinski definition) is 6. The van der Waals surface area contributed by atoms with Gasteiger partial charge in [-0.1, -0.05) is 24.0 Å². The molecule has 0 atom stereocenters. The first-order chi connectivity index (χ1) is 11.5. The number of hydrogen-bond donors (Lipinski definition) is 3. The maximum atomic E-state index is 5.87. The Hall–Kier alpha value is -3.59. The summed E-state index contributed by atoms with van der Waals surface area (Å²) >= 11 is 0. The predicted molar refractivity (Wildman–Crippen MR) is 95.7 cm³/mol. The number of aryl methyl sites for hydroxylation is 1. The van der Waals surface area contributed by atoms with Crippen LogP contribution in [-0.4, -0.2) is 15.0 Å². The van der Waals surface area contributed by atoms with Crippen LogP contribution in [0.15, 0.2) is 42.6 Å². The van der Waals surface area contributed by atoms with Gasteiger partial charge in [-0.25, -0.2) is 15.0 Å². The summed E-state index contributed by atoms with van der Waals surface area (Å²) in [6, 6.07) is 10.9. The first-order valence-corrected chi connectivity index (χ1v) is 7.26. The Kier molecular flexibility index (Phi) is 4.00. The molecule has 0 saturated heterocycles. The third-order valence-electron chi connectivity index (χ3n) is 3.39. The number of anilines is 3. The quantitative estimate of drug-likeness (QED) is 0.467. The van der Waals surface area contributed by atoms with Crippen molar-refractivity contribution in [2.75, 3.05) is 17.2 Å². The highest BCUT2D eigenvalue weighted by atomic mass is 15.0. The first kappa shape index (κ1) is 15.3. The lowest BCUT2D eigenvalue weighted by Gasteiger charge is -2.08. The van der Waals surface area contributed by atoms with Crippen molar-refractivity contribution < 1.29 is 0 Å². The first-order valence-electron chi connectivity index (χ1n) is 7.26. The van der Waals surface area contributed by atoms with Crippen molar-refractivity contribution in [1.29, 1.82) is 0 Å². The van der Waals surface area contributed by atoms with Gasteiger partial charge >= 0.3 is 0 Å². The molecule has 0 unspecified atom stereocenters. The van der Waals surface area contributed by atoms with E-state index in [1.807, 2.05) is 37.3 Å². The summed E-state index contributed by atoms with van der Waals surface area (Å²) < 4.78 is 0. The van der Waals surface area contributed by atoms with E-state index in [1.165, 1.54) is 0 Å². The number of aromatic nitrogens is 3. The highest BCUT2D eigenvalue weighted by Gasteiger charge is 2.11. The number of nitrogen functional groups attached to an aromatic ring is 3. The number of pyridine rings is 1. The van der Waals surface area contributed by atoms with Crippen LogP contribution in [0, 0.1) is 18.8 Å². The topological polar surface area (TPSA) is 117 Å². The molecular formula is C18H16N6. The molecule has 0 fully saturated rings. The van der Waals surface area contributed by atoms with Crippen LogP contribution >= 0.6 is 0 Å². The van der Waals surface area contributed by atoms with Crippen molar-refractivity contribution in [2.24, 2.45) is 0 Å². The van der Waals surface area contributed by atoms with Gasteiger partial charge in [0.25, 0.3) is 0 Å². The molecule has 0 aliphatic heterocycles. The van der Waals surface area contributed by atoms with Crippen LogP contribution in [0.5, 0.6) is 0 Å². The summed E-state index contributed by atoms with van der Waals surface area (Å²) in [7, 11) is 0. The van der Waals surface area contributed by atoms with E-state index in [-0.39, 0.29) is 5.95 Å². The van der Waals surface area contributed by atoms with Gasteiger partial charge in [0, 0.05) is 23.0 Å². The standard InChI is InChI=1S/C18H16N6/c1-11-15(7-5-12-6-8-16(20)22-10-12)17(24-18(21)23-11)13-3-2-4-14(19)9-13/h2-4,6,8-10H,19H2,1H3,(H2,20,22)(H2,21,23,24). The molecule has 2 aromatic heterocycles. The summed E-state index contributed by atoms with van der Waals surface area (Å²) in [5.41, 5.74) is 21.5. The highest BCUT2D eigenvalue weighted by molar-refractivity contribution is 5.72. The smallest absolute Gasteiger partial charge is 0.220 e. The molecule has 118 valence electrons. The monoisotopic (exact) mass is 316 g/mol. The van der Waals surface area contributed by atoms with E-state index in [0.717, 1.165) is 11.1 Å². The van der Waals surface area contributed by atoms with Crippen molar-refractivity contribution >= 4 is 17.5 Å². The number of nitrogens with two attached hydrogens (primary N) is 3. The third kappa shape index (κ3) is 3.25. The zero-order chi connectivity index (χ0) is 17.1. The number of nitrogens with zero attached hydrogens (tertiary/aromatic N) is 3. The minimum Gasteiger partial charge on any atom is -0.399 e. The SMILES string of the molecule is Cc1nc(N)nc(-c2cccc(N)c2)c1C#Cc1ccc(N)nc1. The van der Waals surface area contributed by atoms with Crippen LogP contribution in [0.3, 0.4) is 0 Å². The van der Waals surface area contributed by atoms with Gasteiger partial charge in [-0.15, -0.1) is 0 Å². The molecule has 0 bridgehead atoms. The number of benzene rings is 1. The normalized spacial score (nSPS) is 10.0. The molecule has 6 N–H and O–H groups in total. The van der Waals surface area contributed by atoms with Gasteiger partial charge in [-0.05, 0) is 31.2 Å². The zero-order valence-electron chi connectivity index (χ0n) is 13.1. The van der Waals surface area contributed by atoms with E-state index in [1.54, 1.807) is 12.3 Å².